The quantitative estimate of drug-likeness (QED) is 0.0185. The van der Waals surface area contributed by atoms with E-state index in [-0.39, 0.29) is 74.0 Å². The number of hydrazine groups is 2. The second-order valence-corrected chi connectivity index (χ2v) is 25.7. The van der Waals surface area contributed by atoms with Gasteiger partial charge in [-0.1, -0.05) is 85.7 Å². The van der Waals surface area contributed by atoms with Crippen molar-refractivity contribution in [3.8, 4) is 11.5 Å². The Bertz CT molecular complexity index is 2840. The number of pyridine rings is 2. The Morgan fingerprint density at radius 1 is 0.618 bits per heavy atom. The number of carboxylic acid groups (broad SMARTS) is 1. The lowest BCUT2D eigenvalue weighted by atomic mass is 10.00. The molecule has 0 saturated carbocycles. The van der Waals surface area contributed by atoms with Crippen LogP contribution in [0.4, 0.5) is 0 Å². The van der Waals surface area contributed by atoms with E-state index < -0.39 is 71.9 Å². The summed E-state index contributed by atoms with van der Waals surface area (Å²) in [6.45, 7) is 9.50. The molecule has 2 aliphatic heterocycles. The lowest BCUT2D eigenvalue weighted by molar-refractivity contribution is -0.152. The molecule has 4 heterocycles. The number of carboxylic acids is 1. The molecule has 2 saturated heterocycles. The van der Waals surface area contributed by atoms with Crippen LogP contribution < -0.4 is 32.5 Å². The van der Waals surface area contributed by atoms with Crippen LogP contribution in [0.2, 0.25) is 0 Å². The van der Waals surface area contributed by atoms with Gasteiger partial charge in [-0.25, -0.2) is 20.8 Å². The molecule has 488 valence electrons. The first-order valence-electron chi connectivity index (χ1n) is 29.0. The first-order chi connectivity index (χ1) is 42.7. The maximum atomic E-state index is 13.6. The van der Waals surface area contributed by atoms with E-state index in [4.69, 9.17) is 29.8 Å². The normalized spacial score (nSPS) is 16.0. The Kier molecular flexibility index (Phi) is 34.9. The van der Waals surface area contributed by atoms with Gasteiger partial charge in [-0.05, 0) is 119 Å². The van der Waals surface area contributed by atoms with Crippen molar-refractivity contribution in [2.75, 3.05) is 65.2 Å². The highest BCUT2D eigenvalue weighted by atomic mass is 33.1. The van der Waals surface area contributed by atoms with Crippen LogP contribution in [0.3, 0.4) is 0 Å². The van der Waals surface area contributed by atoms with Crippen LogP contribution in [0.5, 0.6) is 11.5 Å². The molecule has 0 radical (unpaired) electrons. The van der Waals surface area contributed by atoms with E-state index in [9.17, 15) is 48.6 Å². The predicted octanol–water partition coefficient (Wildman–Crippen LogP) is 4.86. The summed E-state index contributed by atoms with van der Waals surface area (Å²) in [4.78, 5) is 108. The topological polar surface area (TPSA) is 353 Å². The average molecular weight is 1310 g/mol. The highest BCUT2D eigenvalue weighted by Crippen LogP contribution is 2.29. The fourth-order valence-corrected chi connectivity index (χ4v) is 11.9. The molecule has 6 atom stereocenters. The largest absolute Gasteiger partial charge is 0.508 e. The number of nitrogens with zero attached hydrogens (tertiary/aromatic N) is 4. The molecule has 2 aromatic heterocycles. The minimum atomic E-state index is -1.03. The maximum Gasteiger partial charge on any atom is 0.324 e. The number of aromatic hydroxyl groups is 2. The van der Waals surface area contributed by atoms with E-state index in [1.807, 2.05) is 50.2 Å². The Balaban J connectivity index is 0.000000320. The van der Waals surface area contributed by atoms with Crippen molar-refractivity contribution in [3.63, 3.8) is 0 Å². The number of aliphatic carboxylic acids is 1. The molecule has 0 bridgehead atoms. The number of ether oxygens (including phenoxy) is 4. The maximum absolute atomic E-state index is 13.6. The highest BCUT2D eigenvalue weighted by molar-refractivity contribution is 8.77. The van der Waals surface area contributed by atoms with Crippen molar-refractivity contribution in [2.24, 2.45) is 17.6 Å². The zero-order chi connectivity index (χ0) is 65.1. The zero-order valence-electron chi connectivity index (χ0n) is 50.9. The van der Waals surface area contributed by atoms with Crippen LogP contribution in [-0.2, 0) is 70.1 Å². The Labute approximate surface area is 535 Å². The highest BCUT2D eigenvalue weighted by Gasteiger charge is 2.36. The second kappa shape index (κ2) is 41.6. The molecular weight excluding hydrogens is 1230 g/mol. The Morgan fingerprint density at radius 2 is 1.08 bits per heavy atom. The molecular formula is C60H84N10O15S4. The number of phenolic OH excluding ortho intramolecular Hbond substituents is 2. The molecule has 2 fully saturated rings. The molecule has 10 N–H and O–H groups in total. The van der Waals surface area contributed by atoms with E-state index >= 15 is 0 Å². The minimum Gasteiger partial charge on any atom is -0.508 e. The van der Waals surface area contributed by atoms with Crippen molar-refractivity contribution in [1.82, 2.24) is 46.8 Å². The summed E-state index contributed by atoms with van der Waals surface area (Å²) in [5.74, 6) is -2.59. The zero-order valence-corrected chi connectivity index (χ0v) is 54.2. The molecule has 29 heteroatoms. The van der Waals surface area contributed by atoms with E-state index in [2.05, 4.69) is 36.8 Å². The van der Waals surface area contributed by atoms with Gasteiger partial charge in [0.1, 0.15) is 51.8 Å². The number of nitrogens with two attached hydrogens (primary N) is 1. The number of methoxy groups -OCH3 is 2. The van der Waals surface area contributed by atoms with Crippen LogP contribution in [-0.4, -0.2) is 184 Å². The van der Waals surface area contributed by atoms with E-state index in [1.54, 1.807) is 93.7 Å². The van der Waals surface area contributed by atoms with Gasteiger partial charge in [0.2, 0.25) is 17.7 Å². The number of aromatic nitrogens is 2. The first kappa shape index (κ1) is 74.8. The van der Waals surface area contributed by atoms with Gasteiger partial charge < -0.3 is 56.0 Å². The SMILES string of the molecule is COC(=O)[C@@H]1CCCN(C(=O)[C@H](Cc2cccc(O)c2)NC(=O)[C@@H](N)C(C)C)N1.COC(=O)[C@@H]1CCCN(C(=O)[C@H](Cc2cccc(O)c2)NC(=O)[C@@H](NC(=O)CCOCCSSc2ccccn2)C(C)C)N1.O=C(O)CCOCCSSc1ccccn1. The average Bonchev–Trinajstić information content (AvgIpc) is 2.48. The van der Waals surface area contributed by atoms with E-state index in [1.165, 1.54) is 48.5 Å². The molecule has 89 heavy (non-hydrogen) atoms. The van der Waals surface area contributed by atoms with Crippen LogP contribution in [0.15, 0.2) is 107 Å². The minimum absolute atomic E-state index is 0.0296. The third kappa shape index (κ3) is 28.8. The van der Waals surface area contributed by atoms with E-state index in [0.717, 1.165) is 21.6 Å². The van der Waals surface area contributed by atoms with Gasteiger partial charge >= 0.3 is 17.9 Å². The van der Waals surface area contributed by atoms with Gasteiger partial charge in [0, 0.05) is 56.3 Å². The van der Waals surface area contributed by atoms with Crippen molar-refractivity contribution in [1.29, 1.82) is 0 Å². The summed E-state index contributed by atoms with van der Waals surface area (Å²) < 4.78 is 20.3. The Morgan fingerprint density at radius 3 is 1.48 bits per heavy atom. The summed E-state index contributed by atoms with van der Waals surface area (Å²) in [6, 6.07) is 19.5. The number of carbonyl (C=O) groups is 8. The summed E-state index contributed by atoms with van der Waals surface area (Å²) in [6.07, 6.45) is 6.15. The first-order valence-corrected chi connectivity index (χ1v) is 33.6. The van der Waals surface area contributed by atoms with Gasteiger partial charge in [0.15, 0.2) is 0 Å². The van der Waals surface area contributed by atoms with Gasteiger partial charge in [-0.15, -0.1) is 0 Å². The van der Waals surface area contributed by atoms with Gasteiger partial charge in [-0.3, -0.25) is 48.4 Å². The summed E-state index contributed by atoms with van der Waals surface area (Å²) in [5.41, 5.74) is 13.0. The fourth-order valence-electron chi connectivity index (χ4n) is 8.45. The van der Waals surface area contributed by atoms with Crippen LogP contribution in [0.25, 0.3) is 0 Å². The molecule has 0 spiro atoms. The number of rotatable bonds is 31. The smallest absolute Gasteiger partial charge is 0.324 e. The van der Waals surface area contributed by atoms with Gasteiger partial charge in [-0.2, -0.15) is 0 Å². The molecule has 6 rings (SSSR count). The molecule has 4 aromatic rings. The third-order valence-corrected chi connectivity index (χ3v) is 17.7. The second-order valence-electron chi connectivity index (χ2n) is 20.9. The number of carbonyl (C=O) groups excluding carboxylic acids is 7. The van der Waals surface area contributed by atoms with Crippen molar-refractivity contribution in [3.05, 3.63) is 108 Å². The van der Waals surface area contributed by atoms with Crippen molar-refractivity contribution < 1.29 is 72.6 Å². The number of nitrogens with one attached hydrogen (secondary N) is 5. The molecule has 0 aliphatic carbocycles. The monoisotopic (exact) mass is 1310 g/mol. The van der Waals surface area contributed by atoms with E-state index in [0.29, 0.717) is 63.1 Å². The van der Waals surface area contributed by atoms with Crippen LogP contribution in [0, 0.1) is 11.8 Å². The summed E-state index contributed by atoms with van der Waals surface area (Å²) >= 11 is 0. The number of amides is 5. The van der Waals surface area contributed by atoms with Gasteiger partial charge in [0.05, 0.1) is 53.1 Å². The van der Waals surface area contributed by atoms with Crippen molar-refractivity contribution >= 4 is 90.6 Å². The van der Waals surface area contributed by atoms with Crippen molar-refractivity contribution in [2.45, 2.75) is 125 Å². The lowest BCUT2D eigenvalue weighted by Gasteiger charge is -2.35. The number of phenols is 2. The van der Waals surface area contributed by atoms with Gasteiger partial charge in [0.25, 0.3) is 11.8 Å². The fraction of sp³-hybridized carbons (Fsp3) is 0.500. The molecule has 0 unspecified atom stereocenters. The lowest BCUT2D eigenvalue weighted by Crippen LogP contribution is -2.62. The molecule has 25 nitrogen and oxygen atoms in total. The number of hydrogen-bond acceptors (Lipinski definition) is 23. The summed E-state index contributed by atoms with van der Waals surface area (Å²) in [7, 11) is 8.98. The standard InChI is InChI=1S/C30H41N5O7S2.C20H30N4O5.C10H13NO3S2/c1-20(2)27(33-25(37)12-15-42-16-17-43-44-26-11-4-5-13-31-26)28(38)32-24(19-21-8-6-9-22(36)18-21)29(39)35-14-7-10-23(34-35)30(40)41-3;1-12(2)17(21)18(26)22-16(11-13-6-4-7-14(25)10-13)19(27)24-9-5-8-15(23-24)20(28)29-3;12-10(13)4-6-14-7-8-15-16-9-3-1-2-5-11-9/h4-6,8-9,11,13,18,20,23-24,27,34,36H,7,10,12,14-17,19H2,1-3H3,(H,32,38)(H,33,37);4,6-7,10,12,15-17,23,25H,5,8-9,11,21H2,1-3H3,(H,22,26);1-3,5H,4,6-8H2,(H,12,13)/t23-,24-,27-;15-,16-,17-;/m00./s1. The third-order valence-electron chi connectivity index (χ3n) is 13.2. The number of hydrogen-bond donors (Lipinski definition) is 9. The predicted molar refractivity (Wildman–Crippen MR) is 340 cm³/mol. The molecule has 2 aromatic carbocycles. The Hall–Kier alpha value is -6.70. The number of benzene rings is 2. The van der Waals surface area contributed by atoms with Crippen LogP contribution >= 0.6 is 43.2 Å². The molecule has 2 aliphatic rings. The molecule has 5 amide bonds. The summed E-state index contributed by atoms with van der Waals surface area (Å²) in [5, 5.41) is 40.9. The number of esters is 2. The van der Waals surface area contributed by atoms with Crippen LogP contribution in [0.1, 0.15) is 77.3 Å².